The third-order valence-electron chi connectivity index (χ3n) is 2.57. The highest BCUT2D eigenvalue weighted by Crippen LogP contribution is 2.15. The molecule has 0 bridgehead atoms. The van der Waals surface area contributed by atoms with Crippen LogP contribution in [0.4, 0.5) is 0 Å². The largest absolute Gasteiger partial charge is 0.546 e. The van der Waals surface area contributed by atoms with Crippen LogP contribution in [-0.4, -0.2) is 24.7 Å². The summed E-state index contributed by atoms with van der Waals surface area (Å²) in [7, 11) is 0. The van der Waals surface area contributed by atoms with E-state index in [0.29, 0.717) is 11.3 Å². The van der Waals surface area contributed by atoms with Gasteiger partial charge in [0, 0.05) is 10.4 Å². The molecule has 0 aliphatic rings. The molecule has 6 nitrogen and oxygen atoms in total. The molecule has 1 aromatic heterocycles. The van der Waals surface area contributed by atoms with Crippen molar-refractivity contribution in [2.75, 3.05) is 6.61 Å². The summed E-state index contributed by atoms with van der Waals surface area (Å²) in [5.41, 5.74) is 2.97. The number of carbonyl (C=O) groups excluding carboxylic acids is 2. The lowest BCUT2D eigenvalue weighted by atomic mass is 10.2. The maximum atomic E-state index is 11.7. The first-order chi connectivity index (χ1) is 10.6. The number of hydrazone groups is 1. The van der Waals surface area contributed by atoms with Crippen LogP contribution < -0.4 is 15.3 Å². The van der Waals surface area contributed by atoms with Gasteiger partial charge in [-0.3, -0.25) is 4.79 Å². The summed E-state index contributed by atoms with van der Waals surface area (Å²) >= 11 is 1.50. The molecule has 0 fully saturated rings. The van der Waals surface area contributed by atoms with E-state index in [2.05, 4.69) is 10.5 Å². The quantitative estimate of drug-likeness (QED) is 0.597. The van der Waals surface area contributed by atoms with Crippen molar-refractivity contribution in [2.45, 2.75) is 6.42 Å². The molecule has 114 valence electrons. The molecule has 0 atom stereocenters. The van der Waals surface area contributed by atoms with Crippen LogP contribution in [0.25, 0.3) is 0 Å². The molecule has 0 unspecified atom stereocenters. The predicted octanol–water partition coefficient (Wildman–Crippen LogP) is 0.570. The van der Waals surface area contributed by atoms with Crippen LogP contribution in [0.5, 0.6) is 5.75 Å². The van der Waals surface area contributed by atoms with E-state index in [-0.39, 0.29) is 12.3 Å². The molecule has 2 rings (SSSR count). The van der Waals surface area contributed by atoms with E-state index in [1.54, 1.807) is 24.3 Å². The second-order valence-electron chi connectivity index (χ2n) is 4.25. The number of rotatable bonds is 7. The van der Waals surface area contributed by atoms with E-state index in [0.717, 1.165) is 4.88 Å². The maximum absolute atomic E-state index is 11.7. The number of ether oxygens (including phenoxy) is 1. The number of nitrogens with one attached hydrogen (secondary N) is 1. The van der Waals surface area contributed by atoms with E-state index in [1.807, 2.05) is 17.5 Å². The van der Waals surface area contributed by atoms with Gasteiger partial charge in [0.25, 0.3) is 0 Å². The van der Waals surface area contributed by atoms with E-state index in [1.165, 1.54) is 17.6 Å². The number of benzene rings is 1. The zero-order valence-electron chi connectivity index (χ0n) is 11.5. The Balaban J connectivity index is 1.92. The molecule has 0 aliphatic carbocycles. The molecule has 0 saturated heterocycles. The minimum Gasteiger partial charge on any atom is -0.546 e. The van der Waals surface area contributed by atoms with E-state index in [9.17, 15) is 14.7 Å². The third kappa shape index (κ3) is 5.02. The van der Waals surface area contributed by atoms with Crippen LogP contribution in [0.3, 0.4) is 0 Å². The lowest BCUT2D eigenvalue weighted by Gasteiger charge is -2.08. The molecule has 1 aromatic carbocycles. The maximum Gasteiger partial charge on any atom is 0.245 e. The SMILES string of the molecule is O=C([O-])COc1ccccc1C=NNC(=O)Cc1cccs1. The van der Waals surface area contributed by atoms with E-state index >= 15 is 0 Å². The average Bonchev–Trinajstić information content (AvgIpc) is 2.99. The van der Waals surface area contributed by atoms with Crippen molar-refractivity contribution >= 4 is 29.4 Å². The molecule has 7 heteroatoms. The molecule has 0 spiro atoms. The predicted molar refractivity (Wildman–Crippen MR) is 80.7 cm³/mol. The van der Waals surface area contributed by atoms with E-state index in [4.69, 9.17) is 4.74 Å². The fraction of sp³-hybridized carbons (Fsp3) is 0.133. The number of aliphatic carboxylic acids is 1. The van der Waals surface area contributed by atoms with Crippen molar-refractivity contribution in [1.82, 2.24) is 5.43 Å². The molecule has 22 heavy (non-hydrogen) atoms. The smallest absolute Gasteiger partial charge is 0.245 e. The number of para-hydroxylation sites is 1. The van der Waals surface area contributed by atoms with Crippen molar-refractivity contribution in [3.05, 3.63) is 52.2 Å². The van der Waals surface area contributed by atoms with Crippen molar-refractivity contribution in [3.63, 3.8) is 0 Å². The first kappa shape index (κ1) is 15.7. The van der Waals surface area contributed by atoms with Gasteiger partial charge < -0.3 is 14.6 Å². The Kier molecular flexibility index (Phi) is 5.67. The number of carboxylic acid groups (broad SMARTS) is 1. The first-order valence-electron chi connectivity index (χ1n) is 6.41. The molecular weight excluding hydrogens is 304 g/mol. The first-order valence-corrected chi connectivity index (χ1v) is 7.29. The number of thiophene rings is 1. The Bertz CT molecular complexity index is 668. The molecule has 1 heterocycles. The molecule has 0 saturated carbocycles. The minimum absolute atomic E-state index is 0.230. The summed E-state index contributed by atoms with van der Waals surface area (Å²) in [5.74, 6) is -1.19. The van der Waals surface area contributed by atoms with Crippen LogP contribution in [-0.2, 0) is 16.0 Å². The van der Waals surface area contributed by atoms with Gasteiger partial charge in [-0.1, -0.05) is 18.2 Å². The summed E-state index contributed by atoms with van der Waals surface area (Å²) in [4.78, 5) is 23.0. The Morgan fingerprint density at radius 2 is 2.09 bits per heavy atom. The molecule has 1 amide bonds. The normalized spacial score (nSPS) is 10.5. The van der Waals surface area contributed by atoms with Gasteiger partial charge in [-0.2, -0.15) is 5.10 Å². The Hall–Kier alpha value is -2.67. The van der Waals surface area contributed by atoms with Crippen molar-refractivity contribution in [2.24, 2.45) is 5.10 Å². The number of carboxylic acids is 1. The number of hydrogen-bond acceptors (Lipinski definition) is 6. The summed E-state index contributed by atoms with van der Waals surface area (Å²) in [6, 6.07) is 10.5. The monoisotopic (exact) mass is 317 g/mol. The van der Waals surface area contributed by atoms with Gasteiger partial charge in [0.15, 0.2) is 0 Å². The lowest BCUT2D eigenvalue weighted by molar-refractivity contribution is -0.307. The average molecular weight is 317 g/mol. The van der Waals surface area contributed by atoms with Crippen LogP contribution >= 0.6 is 11.3 Å². The summed E-state index contributed by atoms with van der Waals surface area (Å²) in [6.45, 7) is -0.546. The second-order valence-corrected chi connectivity index (χ2v) is 5.28. The van der Waals surface area contributed by atoms with Gasteiger partial charge in [-0.25, -0.2) is 5.43 Å². The number of carbonyl (C=O) groups is 2. The highest BCUT2D eigenvalue weighted by atomic mass is 32.1. The van der Waals surface area contributed by atoms with Crippen LogP contribution in [0.15, 0.2) is 46.9 Å². The molecule has 1 N–H and O–H groups in total. The van der Waals surface area contributed by atoms with Crippen molar-refractivity contribution in [3.8, 4) is 5.75 Å². The lowest BCUT2D eigenvalue weighted by Crippen LogP contribution is -2.29. The summed E-state index contributed by atoms with van der Waals surface area (Å²) < 4.78 is 5.08. The van der Waals surface area contributed by atoms with Crippen molar-refractivity contribution < 1.29 is 19.4 Å². The van der Waals surface area contributed by atoms with Crippen molar-refractivity contribution in [1.29, 1.82) is 0 Å². The zero-order valence-corrected chi connectivity index (χ0v) is 12.3. The van der Waals surface area contributed by atoms with Crippen LogP contribution in [0, 0.1) is 0 Å². The van der Waals surface area contributed by atoms with E-state index < -0.39 is 12.6 Å². The van der Waals surface area contributed by atoms with Gasteiger partial charge in [-0.15, -0.1) is 11.3 Å². The van der Waals surface area contributed by atoms with Gasteiger partial charge in [0.1, 0.15) is 12.4 Å². The van der Waals surface area contributed by atoms with Gasteiger partial charge >= 0.3 is 0 Å². The number of nitrogens with zero attached hydrogens (tertiary/aromatic N) is 1. The van der Waals surface area contributed by atoms with Gasteiger partial charge in [-0.05, 0) is 23.6 Å². The van der Waals surface area contributed by atoms with Gasteiger partial charge in [0.2, 0.25) is 5.91 Å². The molecule has 0 aliphatic heterocycles. The fourth-order valence-corrected chi connectivity index (χ4v) is 2.34. The van der Waals surface area contributed by atoms with Crippen LogP contribution in [0.1, 0.15) is 10.4 Å². The Morgan fingerprint density at radius 3 is 2.82 bits per heavy atom. The molecular formula is C15H13N2O4S-. The molecule has 2 aromatic rings. The fourth-order valence-electron chi connectivity index (χ4n) is 1.64. The number of hydrogen-bond donors (Lipinski definition) is 1. The van der Waals surface area contributed by atoms with Gasteiger partial charge in [0.05, 0.1) is 18.6 Å². The number of amides is 1. The topological polar surface area (TPSA) is 90.8 Å². The minimum atomic E-state index is -1.31. The standard InChI is InChI=1S/C15H14N2O4S/c18-14(8-12-5-3-7-22-12)17-16-9-11-4-1-2-6-13(11)21-10-15(19)20/h1-7,9H,8,10H2,(H,17,18)(H,19,20)/p-1. The zero-order chi connectivity index (χ0) is 15.8. The second kappa shape index (κ2) is 7.94. The summed E-state index contributed by atoms with van der Waals surface area (Å²) in [5, 5.41) is 16.2. The summed E-state index contributed by atoms with van der Waals surface area (Å²) in [6.07, 6.45) is 1.66. The van der Waals surface area contributed by atoms with Crippen LogP contribution in [0.2, 0.25) is 0 Å². The Labute approximate surface area is 131 Å². The third-order valence-corrected chi connectivity index (χ3v) is 3.45. The molecule has 0 radical (unpaired) electrons. The highest BCUT2D eigenvalue weighted by molar-refractivity contribution is 7.10. The highest BCUT2D eigenvalue weighted by Gasteiger charge is 2.03. The Morgan fingerprint density at radius 1 is 1.27 bits per heavy atom.